The van der Waals surface area contributed by atoms with Crippen molar-refractivity contribution in [2.24, 2.45) is 5.92 Å². The Bertz CT molecular complexity index is 375. The summed E-state index contributed by atoms with van der Waals surface area (Å²) in [6.45, 7) is 9.01. The number of hydrogen-bond donors (Lipinski definition) is 1. The number of rotatable bonds is 5. The minimum absolute atomic E-state index is 0.262. The van der Waals surface area contributed by atoms with E-state index in [0.717, 1.165) is 18.0 Å². The quantitative estimate of drug-likeness (QED) is 0.871. The summed E-state index contributed by atoms with van der Waals surface area (Å²) in [5, 5.41) is 3.18. The van der Waals surface area contributed by atoms with Crippen molar-refractivity contribution in [2.45, 2.75) is 45.7 Å². The number of likely N-dealkylation sites (tertiary alicyclic amines) is 1. The van der Waals surface area contributed by atoms with Crippen LogP contribution in [0.15, 0.2) is 10.7 Å². The van der Waals surface area contributed by atoms with Crippen molar-refractivity contribution in [3.05, 3.63) is 17.8 Å². The van der Waals surface area contributed by atoms with Gasteiger partial charge in [-0.25, -0.2) is 4.98 Å². The van der Waals surface area contributed by atoms with Crippen LogP contribution in [0.2, 0.25) is 0 Å². The lowest BCUT2D eigenvalue weighted by atomic mass is 10.1. The molecule has 1 aliphatic heterocycles. The molecule has 102 valence electrons. The molecule has 1 N–H and O–H groups in total. The molecular formula is C14H25N3O. The maximum Gasteiger partial charge on any atom is 0.194 e. The summed E-state index contributed by atoms with van der Waals surface area (Å²) in [5.41, 5.74) is 1.01. The maximum absolute atomic E-state index is 5.58. The third-order valence-electron chi connectivity index (χ3n) is 3.96. The van der Waals surface area contributed by atoms with E-state index in [2.05, 4.69) is 36.0 Å². The predicted molar refractivity (Wildman–Crippen MR) is 72.5 cm³/mol. The first kappa shape index (κ1) is 13.6. The van der Waals surface area contributed by atoms with Gasteiger partial charge in [0.25, 0.3) is 0 Å². The lowest BCUT2D eigenvalue weighted by molar-refractivity contribution is 0.262. The van der Waals surface area contributed by atoms with Gasteiger partial charge in [0.05, 0.1) is 5.69 Å². The number of hydrogen-bond acceptors (Lipinski definition) is 4. The Morgan fingerprint density at radius 2 is 2.28 bits per heavy atom. The molecule has 0 radical (unpaired) electrons. The predicted octanol–water partition coefficient (Wildman–Crippen LogP) is 2.23. The Labute approximate surface area is 110 Å². The lowest BCUT2D eigenvalue weighted by Gasteiger charge is -2.19. The van der Waals surface area contributed by atoms with E-state index in [0.29, 0.717) is 12.0 Å². The molecule has 2 heterocycles. The van der Waals surface area contributed by atoms with Crippen LogP contribution in [0, 0.1) is 5.92 Å². The Morgan fingerprint density at radius 1 is 1.50 bits per heavy atom. The molecular weight excluding hydrogens is 226 g/mol. The van der Waals surface area contributed by atoms with Crippen molar-refractivity contribution in [1.29, 1.82) is 0 Å². The van der Waals surface area contributed by atoms with Gasteiger partial charge < -0.3 is 14.6 Å². The van der Waals surface area contributed by atoms with Gasteiger partial charge in [-0.2, -0.15) is 0 Å². The topological polar surface area (TPSA) is 41.3 Å². The Morgan fingerprint density at radius 3 is 2.89 bits per heavy atom. The van der Waals surface area contributed by atoms with Gasteiger partial charge in [0.15, 0.2) is 5.89 Å². The van der Waals surface area contributed by atoms with Crippen molar-refractivity contribution >= 4 is 0 Å². The Kier molecular flexibility index (Phi) is 4.40. The summed E-state index contributed by atoms with van der Waals surface area (Å²) >= 11 is 0. The summed E-state index contributed by atoms with van der Waals surface area (Å²) in [4.78, 5) is 7.10. The minimum atomic E-state index is 0.262. The fraction of sp³-hybridized carbons (Fsp3) is 0.786. The maximum atomic E-state index is 5.58. The van der Waals surface area contributed by atoms with Crippen LogP contribution in [-0.2, 0) is 6.42 Å². The minimum Gasteiger partial charge on any atom is -0.449 e. The van der Waals surface area contributed by atoms with E-state index in [4.69, 9.17) is 4.42 Å². The normalized spacial score (nSPS) is 22.8. The number of oxazole rings is 1. The summed E-state index contributed by atoms with van der Waals surface area (Å²) < 4.78 is 5.58. The average Bonchev–Trinajstić information content (AvgIpc) is 2.98. The average molecular weight is 251 g/mol. The second-order valence-corrected chi connectivity index (χ2v) is 5.62. The summed E-state index contributed by atoms with van der Waals surface area (Å²) in [5.74, 6) is 1.59. The van der Waals surface area contributed by atoms with Gasteiger partial charge in [0.2, 0.25) is 0 Å². The first-order valence-electron chi connectivity index (χ1n) is 6.95. The molecule has 1 aromatic heterocycles. The molecule has 1 aliphatic rings. The molecule has 2 unspecified atom stereocenters. The molecule has 1 saturated heterocycles. The van der Waals surface area contributed by atoms with Crippen LogP contribution in [0.1, 0.15) is 44.8 Å². The summed E-state index contributed by atoms with van der Waals surface area (Å²) in [7, 11) is 1.94. The van der Waals surface area contributed by atoms with Crippen molar-refractivity contribution < 1.29 is 4.42 Å². The van der Waals surface area contributed by atoms with E-state index in [-0.39, 0.29) is 6.04 Å². The summed E-state index contributed by atoms with van der Waals surface area (Å²) in [6, 6.07) is 0.915. The SMILES string of the molecule is CNC(C)c1coc(CC2CCN(C(C)C)C2)n1. The first-order chi connectivity index (χ1) is 8.60. The van der Waals surface area contributed by atoms with Crippen LogP contribution in [0.4, 0.5) is 0 Å². The zero-order valence-corrected chi connectivity index (χ0v) is 11.9. The first-order valence-corrected chi connectivity index (χ1v) is 6.95. The van der Waals surface area contributed by atoms with Gasteiger partial charge in [-0.15, -0.1) is 0 Å². The van der Waals surface area contributed by atoms with E-state index >= 15 is 0 Å². The van der Waals surface area contributed by atoms with Crippen LogP contribution in [-0.4, -0.2) is 36.1 Å². The monoisotopic (exact) mass is 251 g/mol. The van der Waals surface area contributed by atoms with Gasteiger partial charge in [0.1, 0.15) is 6.26 Å². The van der Waals surface area contributed by atoms with Gasteiger partial charge >= 0.3 is 0 Å². The highest BCUT2D eigenvalue weighted by Gasteiger charge is 2.25. The largest absolute Gasteiger partial charge is 0.449 e. The van der Waals surface area contributed by atoms with Gasteiger partial charge in [0, 0.05) is 25.0 Å². The second-order valence-electron chi connectivity index (χ2n) is 5.62. The van der Waals surface area contributed by atoms with E-state index in [1.165, 1.54) is 19.5 Å². The molecule has 0 aliphatic carbocycles. The number of nitrogens with one attached hydrogen (secondary N) is 1. The smallest absolute Gasteiger partial charge is 0.194 e. The van der Waals surface area contributed by atoms with Crippen LogP contribution >= 0.6 is 0 Å². The fourth-order valence-corrected chi connectivity index (χ4v) is 2.51. The van der Waals surface area contributed by atoms with Crippen LogP contribution in [0.3, 0.4) is 0 Å². The molecule has 0 spiro atoms. The van der Waals surface area contributed by atoms with Crippen LogP contribution in [0.25, 0.3) is 0 Å². The molecule has 1 aromatic rings. The highest BCUT2D eigenvalue weighted by atomic mass is 16.3. The lowest BCUT2D eigenvalue weighted by Crippen LogP contribution is -2.28. The van der Waals surface area contributed by atoms with E-state index in [1.54, 1.807) is 6.26 Å². The Hall–Kier alpha value is -0.870. The third-order valence-corrected chi connectivity index (χ3v) is 3.96. The van der Waals surface area contributed by atoms with Crippen molar-refractivity contribution in [3.63, 3.8) is 0 Å². The highest BCUT2D eigenvalue weighted by Crippen LogP contribution is 2.23. The molecule has 1 fully saturated rings. The third kappa shape index (κ3) is 3.12. The van der Waals surface area contributed by atoms with Gasteiger partial charge in [-0.1, -0.05) is 0 Å². The molecule has 0 bridgehead atoms. The van der Waals surface area contributed by atoms with E-state index in [1.807, 2.05) is 7.05 Å². The fourth-order valence-electron chi connectivity index (χ4n) is 2.51. The van der Waals surface area contributed by atoms with Gasteiger partial charge in [-0.3, -0.25) is 0 Å². The van der Waals surface area contributed by atoms with Crippen molar-refractivity contribution in [2.75, 3.05) is 20.1 Å². The Balaban J connectivity index is 1.89. The van der Waals surface area contributed by atoms with Crippen LogP contribution < -0.4 is 5.32 Å². The van der Waals surface area contributed by atoms with E-state index < -0.39 is 0 Å². The van der Waals surface area contributed by atoms with Crippen molar-refractivity contribution in [3.8, 4) is 0 Å². The van der Waals surface area contributed by atoms with Crippen molar-refractivity contribution in [1.82, 2.24) is 15.2 Å². The molecule has 0 aromatic carbocycles. The number of aromatic nitrogens is 1. The zero-order chi connectivity index (χ0) is 13.1. The molecule has 4 nitrogen and oxygen atoms in total. The highest BCUT2D eigenvalue weighted by molar-refractivity contribution is 5.02. The van der Waals surface area contributed by atoms with E-state index in [9.17, 15) is 0 Å². The molecule has 4 heteroatoms. The number of nitrogens with zero attached hydrogens (tertiary/aromatic N) is 2. The zero-order valence-electron chi connectivity index (χ0n) is 11.9. The molecule has 2 atom stereocenters. The van der Waals surface area contributed by atoms with Gasteiger partial charge in [-0.05, 0) is 46.7 Å². The molecule has 0 saturated carbocycles. The molecule has 18 heavy (non-hydrogen) atoms. The standard InChI is InChI=1S/C14H25N3O/c1-10(2)17-6-5-12(8-17)7-14-16-13(9-18-14)11(3)15-4/h9-12,15H,5-8H2,1-4H3. The summed E-state index contributed by atoms with van der Waals surface area (Å²) in [6.07, 6.45) is 4.02. The second kappa shape index (κ2) is 5.85. The molecule has 0 amide bonds. The van der Waals surface area contributed by atoms with Crippen LogP contribution in [0.5, 0.6) is 0 Å². The molecule has 2 rings (SSSR count).